The van der Waals surface area contributed by atoms with E-state index in [-0.39, 0.29) is 5.71 Å². The Hall–Kier alpha value is -2.30. The number of pyridine rings is 1. The van der Waals surface area contributed by atoms with Crippen molar-refractivity contribution in [2.24, 2.45) is 0 Å². The fourth-order valence-electron chi connectivity index (χ4n) is 1.49. The highest BCUT2D eigenvalue weighted by atomic mass is 16.4. The van der Waals surface area contributed by atoms with Crippen LogP contribution in [0.2, 0.25) is 0 Å². The molecular formula is C10H5N3O2. The zero-order valence-corrected chi connectivity index (χ0v) is 7.54. The molecule has 0 aliphatic carbocycles. The Morgan fingerprint density at radius 2 is 2.13 bits per heavy atom. The summed E-state index contributed by atoms with van der Waals surface area (Å²) in [5.41, 5.74) is 0.412. The van der Waals surface area contributed by atoms with Crippen LogP contribution >= 0.6 is 0 Å². The highest BCUT2D eigenvalue weighted by Gasteiger charge is 2.07. The van der Waals surface area contributed by atoms with E-state index in [0.29, 0.717) is 16.3 Å². The lowest BCUT2D eigenvalue weighted by Gasteiger charge is -1.98. The molecule has 0 bridgehead atoms. The first-order chi connectivity index (χ1) is 7.36. The molecule has 3 aromatic rings. The maximum atomic E-state index is 11.5. The Balaban J connectivity index is 2.70. The van der Waals surface area contributed by atoms with Crippen molar-refractivity contribution < 1.29 is 4.42 Å². The molecule has 5 heteroatoms. The van der Waals surface area contributed by atoms with E-state index >= 15 is 0 Å². The van der Waals surface area contributed by atoms with Crippen molar-refractivity contribution in [2.45, 2.75) is 0 Å². The minimum absolute atomic E-state index is 0.265. The van der Waals surface area contributed by atoms with E-state index in [4.69, 9.17) is 4.42 Å². The summed E-state index contributed by atoms with van der Waals surface area (Å²) in [7, 11) is 0. The summed E-state index contributed by atoms with van der Waals surface area (Å²) in [6.07, 6.45) is 4.54. The predicted octanol–water partition coefficient (Wildman–Crippen LogP) is 1.13. The van der Waals surface area contributed by atoms with Gasteiger partial charge in [-0.25, -0.2) is 14.8 Å². The van der Waals surface area contributed by atoms with Crippen LogP contribution in [-0.2, 0) is 0 Å². The van der Waals surface area contributed by atoms with E-state index in [2.05, 4.69) is 15.0 Å². The maximum absolute atomic E-state index is 11.5. The zero-order valence-electron chi connectivity index (χ0n) is 7.54. The quantitative estimate of drug-likeness (QED) is 0.507. The van der Waals surface area contributed by atoms with Gasteiger partial charge in [-0.05, 0) is 12.1 Å². The second kappa shape index (κ2) is 2.84. The van der Waals surface area contributed by atoms with Gasteiger partial charge in [0, 0.05) is 12.4 Å². The summed E-state index contributed by atoms with van der Waals surface area (Å²) in [6.45, 7) is 0. The van der Waals surface area contributed by atoms with Crippen LogP contribution in [0.1, 0.15) is 0 Å². The molecule has 0 saturated carbocycles. The van der Waals surface area contributed by atoms with Crippen molar-refractivity contribution in [1.29, 1.82) is 0 Å². The van der Waals surface area contributed by atoms with Gasteiger partial charge in [0.2, 0.25) is 5.71 Å². The molecule has 0 aliphatic heterocycles. The lowest BCUT2D eigenvalue weighted by Crippen LogP contribution is -2.01. The Morgan fingerprint density at radius 3 is 3.07 bits per heavy atom. The lowest BCUT2D eigenvalue weighted by molar-refractivity contribution is 0.556. The Morgan fingerprint density at radius 1 is 1.20 bits per heavy atom. The van der Waals surface area contributed by atoms with Gasteiger partial charge in [-0.15, -0.1) is 0 Å². The van der Waals surface area contributed by atoms with Crippen molar-refractivity contribution in [3.63, 3.8) is 0 Å². The van der Waals surface area contributed by atoms with Crippen LogP contribution in [0.25, 0.3) is 22.0 Å². The number of nitrogens with zero attached hydrogens (tertiary/aromatic N) is 3. The van der Waals surface area contributed by atoms with E-state index in [1.807, 2.05) is 0 Å². The van der Waals surface area contributed by atoms with Gasteiger partial charge in [-0.2, -0.15) is 0 Å². The monoisotopic (exact) mass is 199 g/mol. The molecule has 0 saturated heterocycles. The Bertz CT molecular complexity index is 705. The number of aromatic nitrogens is 3. The first-order valence-electron chi connectivity index (χ1n) is 4.34. The molecule has 0 radical (unpaired) electrons. The molecule has 72 valence electrons. The first-order valence-corrected chi connectivity index (χ1v) is 4.34. The van der Waals surface area contributed by atoms with Crippen LogP contribution in [-0.4, -0.2) is 15.0 Å². The number of rotatable bonds is 0. The number of hydrogen-bond acceptors (Lipinski definition) is 5. The second-order valence-corrected chi connectivity index (χ2v) is 3.03. The van der Waals surface area contributed by atoms with Crippen LogP contribution < -0.4 is 5.63 Å². The topological polar surface area (TPSA) is 68.9 Å². The molecule has 0 aromatic carbocycles. The molecule has 0 amide bonds. The fraction of sp³-hybridized carbons (Fsp3) is 0. The largest absolute Gasteiger partial charge is 0.403 e. The molecular weight excluding hydrogens is 194 g/mol. The van der Waals surface area contributed by atoms with E-state index < -0.39 is 5.63 Å². The third-order valence-electron chi connectivity index (χ3n) is 2.15. The number of hydrogen-bond donors (Lipinski definition) is 0. The number of fused-ring (bicyclic) bond motifs is 3. The molecule has 3 heterocycles. The summed E-state index contributed by atoms with van der Waals surface area (Å²) in [5.74, 6) is 0. The van der Waals surface area contributed by atoms with Crippen molar-refractivity contribution in [3.8, 4) is 0 Å². The molecule has 5 nitrogen and oxygen atoms in total. The SMILES string of the molecule is O=c1oc2ncncc2c2ncccc12. The van der Waals surface area contributed by atoms with Crippen molar-refractivity contribution in [3.05, 3.63) is 41.3 Å². The van der Waals surface area contributed by atoms with Gasteiger partial charge in [0.25, 0.3) is 0 Å². The van der Waals surface area contributed by atoms with Gasteiger partial charge in [-0.1, -0.05) is 0 Å². The smallest absolute Gasteiger partial charge is 0.347 e. The van der Waals surface area contributed by atoms with Crippen molar-refractivity contribution in [1.82, 2.24) is 15.0 Å². The average Bonchev–Trinajstić information content (AvgIpc) is 2.30. The molecule has 0 aliphatic rings. The summed E-state index contributed by atoms with van der Waals surface area (Å²) in [6, 6.07) is 3.36. The molecule has 0 unspecified atom stereocenters. The van der Waals surface area contributed by atoms with Gasteiger partial charge < -0.3 is 4.42 Å². The first kappa shape index (κ1) is 8.05. The van der Waals surface area contributed by atoms with Crippen LogP contribution in [0.5, 0.6) is 0 Å². The summed E-state index contributed by atoms with van der Waals surface area (Å²) in [5, 5.41) is 1.09. The minimum atomic E-state index is -0.427. The minimum Gasteiger partial charge on any atom is -0.403 e. The van der Waals surface area contributed by atoms with E-state index in [9.17, 15) is 4.79 Å². The van der Waals surface area contributed by atoms with Crippen LogP contribution in [0.15, 0.2) is 40.1 Å². The van der Waals surface area contributed by atoms with Gasteiger partial charge in [0.1, 0.15) is 6.33 Å². The third kappa shape index (κ3) is 1.10. The van der Waals surface area contributed by atoms with Crippen LogP contribution in [0, 0.1) is 0 Å². The molecule has 0 N–H and O–H groups in total. The molecule has 3 rings (SSSR count). The van der Waals surface area contributed by atoms with Gasteiger partial charge in [0.05, 0.1) is 16.3 Å². The Kier molecular flexibility index (Phi) is 1.53. The highest BCUT2D eigenvalue weighted by Crippen LogP contribution is 2.16. The Labute approximate surface area is 83.4 Å². The fourth-order valence-corrected chi connectivity index (χ4v) is 1.49. The van der Waals surface area contributed by atoms with Crippen molar-refractivity contribution >= 4 is 22.0 Å². The molecule has 0 fully saturated rings. The van der Waals surface area contributed by atoms with Gasteiger partial charge in [0.15, 0.2) is 0 Å². The van der Waals surface area contributed by atoms with Crippen LogP contribution in [0.3, 0.4) is 0 Å². The van der Waals surface area contributed by atoms with E-state index in [0.717, 1.165) is 0 Å². The standard InChI is InChI=1S/C10H5N3O2/c14-10-6-2-1-3-12-8(6)7-4-11-5-13-9(7)15-10/h1-5H. The predicted molar refractivity (Wildman–Crippen MR) is 53.4 cm³/mol. The second-order valence-electron chi connectivity index (χ2n) is 3.03. The molecule has 15 heavy (non-hydrogen) atoms. The van der Waals surface area contributed by atoms with E-state index in [1.54, 1.807) is 24.5 Å². The molecule has 3 aromatic heterocycles. The van der Waals surface area contributed by atoms with Crippen molar-refractivity contribution in [2.75, 3.05) is 0 Å². The molecule has 0 spiro atoms. The summed E-state index contributed by atoms with van der Waals surface area (Å²) < 4.78 is 5.03. The zero-order chi connectivity index (χ0) is 10.3. The normalized spacial score (nSPS) is 10.9. The van der Waals surface area contributed by atoms with Gasteiger partial charge >= 0.3 is 5.63 Å². The highest BCUT2D eigenvalue weighted by molar-refractivity contribution is 5.99. The van der Waals surface area contributed by atoms with E-state index in [1.165, 1.54) is 6.33 Å². The maximum Gasteiger partial charge on any atom is 0.347 e. The lowest BCUT2D eigenvalue weighted by atomic mass is 10.2. The average molecular weight is 199 g/mol. The van der Waals surface area contributed by atoms with Gasteiger partial charge in [-0.3, -0.25) is 4.98 Å². The molecule has 0 atom stereocenters. The summed E-state index contributed by atoms with van der Waals surface area (Å²) >= 11 is 0. The summed E-state index contributed by atoms with van der Waals surface area (Å²) in [4.78, 5) is 23.4. The van der Waals surface area contributed by atoms with Crippen LogP contribution in [0.4, 0.5) is 0 Å². The third-order valence-corrected chi connectivity index (χ3v) is 2.15.